The summed E-state index contributed by atoms with van der Waals surface area (Å²) in [5.41, 5.74) is 5.11. The molecule has 0 bridgehead atoms. The van der Waals surface area contributed by atoms with Gasteiger partial charge in [-0.2, -0.15) is 0 Å². The number of carbonyl (C=O) groups is 1. The summed E-state index contributed by atoms with van der Waals surface area (Å²) in [6.07, 6.45) is 0. The summed E-state index contributed by atoms with van der Waals surface area (Å²) in [7, 11) is 0. The molecule has 0 radical (unpaired) electrons. The lowest BCUT2D eigenvalue weighted by Crippen LogP contribution is -2.19. The number of aryl methyl sites for hydroxylation is 3. The third kappa shape index (κ3) is 3.29. The average molecular weight is 372 g/mol. The summed E-state index contributed by atoms with van der Waals surface area (Å²) < 4.78 is 2.89. The van der Waals surface area contributed by atoms with E-state index in [9.17, 15) is 4.79 Å². The van der Waals surface area contributed by atoms with Crippen LogP contribution in [-0.4, -0.2) is 15.5 Å². The van der Waals surface area contributed by atoms with Gasteiger partial charge in [-0.15, -0.1) is 0 Å². The quantitative estimate of drug-likeness (QED) is 0.743. The zero-order chi connectivity index (χ0) is 16.6. The van der Waals surface area contributed by atoms with E-state index in [2.05, 4.69) is 52.2 Å². The Morgan fingerprint density at radius 1 is 1.17 bits per heavy atom. The van der Waals surface area contributed by atoms with Crippen LogP contribution in [0.3, 0.4) is 0 Å². The molecule has 4 nitrogen and oxygen atoms in total. The van der Waals surface area contributed by atoms with Gasteiger partial charge in [-0.25, -0.2) is 4.98 Å². The van der Waals surface area contributed by atoms with Gasteiger partial charge in [-0.05, 0) is 62.2 Å². The van der Waals surface area contributed by atoms with Crippen molar-refractivity contribution in [2.24, 2.45) is 0 Å². The van der Waals surface area contributed by atoms with Gasteiger partial charge in [0, 0.05) is 10.2 Å². The first-order valence-corrected chi connectivity index (χ1v) is 8.23. The van der Waals surface area contributed by atoms with Crippen molar-refractivity contribution in [3.8, 4) is 0 Å². The molecule has 5 heteroatoms. The smallest absolute Gasteiger partial charge is 0.244 e. The molecule has 1 amide bonds. The van der Waals surface area contributed by atoms with Crippen molar-refractivity contribution < 1.29 is 4.79 Å². The molecule has 118 valence electrons. The summed E-state index contributed by atoms with van der Waals surface area (Å²) in [6, 6.07) is 11.7. The number of anilines is 1. The van der Waals surface area contributed by atoms with E-state index >= 15 is 0 Å². The van der Waals surface area contributed by atoms with Gasteiger partial charge in [0.05, 0.1) is 11.0 Å². The first-order valence-electron chi connectivity index (χ1n) is 7.43. The number of halogens is 1. The third-order valence-corrected chi connectivity index (χ3v) is 4.46. The summed E-state index contributed by atoms with van der Waals surface area (Å²) in [5, 5.41) is 2.92. The Balaban J connectivity index is 1.87. The summed E-state index contributed by atoms with van der Waals surface area (Å²) >= 11 is 3.41. The molecule has 0 saturated carbocycles. The molecular formula is C18H18BrN3O. The van der Waals surface area contributed by atoms with Gasteiger partial charge in [0.25, 0.3) is 0 Å². The molecule has 23 heavy (non-hydrogen) atoms. The van der Waals surface area contributed by atoms with Crippen molar-refractivity contribution in [1.82, 2.24) is 9.55 Å². The third-order valence-electron chi connectivity index (χ3n) is 3.96. The second kappa shape index (κ2) is 6.16. The molecule has 3 aromatic rings. The first kappa shape index (κ1) is 15.7. The lowest BCUT2D eigenvalue weighted by Gasteiger charge is -2.09. The standard InChI is InChI=1S/C18H18BrN3O/c1-11-7-16-17(8-12(11)2)22(13(3)20-16)10-18(23)21-15-6-4-5-14(19)9-15/h4-9H,10H2,1-3H3,(H,21,23). The van der Waals surface area contributed by atoms with E-state index in [0.717, 1.165) is 27.0 Å². The number of hydrogen-bond acceptors (Lipinski definition) is 2. The van der Waals surface area contributed by atoms with E-state index in [0.29, 0.717) is 0 Å². The van der Waals surface area contributed by atoms with Crippen LogP contribution in [0.5, 0.6) is 0 Å². The zero-order valence-electron chi connectivity index (χ0n) is 13.4. The number of imidazole rings is 1. The molecule has 1 heterocycles. The Bertz CT molecular complexity index is 899. The molecule has 0 aliphatic carbocycles. The molecular weight excluding hydrogens is 354 g/mol. The fourth-order valence-corrected chi connectivity index (χ4v) is 3.01. The molecule has 0 atom stereocenters. The normalized spacial score (nSPS) is 11.0. The van der Waals surface area contributed by atoms with Crippen LogP contribution in [0.2, 0.25) is 0 Å². The van der Waals surface area contributed by atoms with Crippen molar-refractivity contribution in [3.05, 3.63) is 57.8 Å². The largest absolute Gasteiger partial charge is 0.324 e. The zero-order valence-corrected chi connectivity index (χ0v) is 14.9. The Labute approximate surface area is 143 Å². The Hall–Kier alpha value is -2.14. The highest BCUT2D eigenvalue weighted by Crippen LogP contribution is 2.21. The molecule has 0 saturated heterocycles. The van der Waals surface area contributed by atoms with Crippen molar-refractivity contribution in [1.29, 1.82) is 0 Å². The van der Waals surface area contributed by atoms with Gasteiger partial charge in [0.2, 0.25) is 5.91 Å². The molecule has 0 aliphatic heterocycles. The minimum absolute atomic E-state index is 0.0660. The predicted octanol–water partition coefficient (Wildman–Crippen LogP) is 4.36. The number of fused-ring (bicyclic) bond motifs is 1. The number of rotatable bonds is 3. The van der Waals surface area contributed by atoms with Crippen LogP contribution in [0.4, 0.5) is 5.69 Å². The Morgan fingerprint density at radius 2 is 1.91 bits per heavy atom. The molecule has 3 rings (SSSR count). The number of hydrogen-bond donors (Lipinski definition) is 1. The lowest BCUT2D eigenvalue weighted by molar-refractivity contribution is -0.116. The van der Waals surface area contributed by atoms with Crippen molar-refractivity contribution in [2.75, 3.05) is 5.32 Å². The van der Waals surface area contributed by atoms with Gasteiger partial charge < -0.3 is 9.88 Å². The van der Waals surface area contributed by atoms with E-state index in [1.54, 1.807) is 0 Å². The maximum atomic E-state index is 12.4. The SMILES string of the molecule is Cc1cc2nc(C)n(CC(=O)Nc3cccc(Br)c3)c2cc1C. The molecule has 1 N–H and O–H groups in total. The topological polar surface area (TPSA) is 46.9 Å². The Kier molecular flexibility index (Phi) is 4.22. The Morgan fingerprint density at radius 3 is 2.65 bits per heavy atom. The maximum Gasteiger partial charge on any atom is 0.244 e. The average Bonchev–Trinajstić information content (AvgIpc) is 2.75. The van der Waals surface area contributed by atoms with Gasteiger partial charge in [0.15, 0.2) is 0 Å². The molecule has 0 aliphatic rings. The van der Waals surface area contributed by atoms with Crippen LogP contribution >= 0.6 is 15.9 Å². The summed E-state index contributed by atoms with van der Waals surface area (Å²) in [5.74, 6) is 0.776. The highest BCUT2D eigenvalue weighted by molar-refractivity contribution is 9.10. The number of carbonyl (C=O) groups excluding carboxylic acids is 1. The van der Waals surface area contributed by atoms with Crippen LogP contribution in [0.1, 0.15) is 17.0 Å². The maximum absolute atomic E-state index is 12.4. The second-order valence-electron chi connectivity index (χ2n) is 5.73. The highest BCUT2D eigenvalue weighted by atomic mass is 79.9. The number of nitrogens with zero attached hydrogens (tertiary/aromatic N) is 2. The van der Waals surface area contributed by atoms with Crippen LogP contribution in [-0.2, 0) is 11.3 Å². The minimum atomic E-state index is -0.0660. The van der Waals surface area contributed by atoms with Gasteiger partial charge >= 0.3 is 0 Å². The van der Waals surface area contributed by atoms with E-state index in [4.69, 9.17) is 0 Å². The van der Waals surface area contributed by atoms with E-state index < -0.39 is 0 Å². The van der Waals surface area contributed by atoms with Crippen molar-refractivity contribution in [2.45, 2.75) is 27.3 Å². The lowest BCUT2D eigenvalue weighted by atomic mass is 10.1. The van der Waals surface area contributed by atoms with E-state index in [1.807, 2.05) is 35.8 Å². The van der Waals surface area contributed by atoms with Gasteiger partial charge in [-0.3, -0.25) is 4.79 Å². The fraction of sp³-hybridized carbons (Fsp3) is 0.222. The number of aromatic nitrogens is 2. The molecule has 0 spiro atoms. The molecule has 1 aromatic heterocycles. The summed E-state index contributed by atoms with van der Waals surface area (Å²) in [6.45, 7) is 6.32. The van der Waals surface area contributed by atoms with E-state index in [1.165, 1.54) is 11.1 Å². The van der Waals surface area contributed by atoms with Crippen molar-refractivity contribution in [3.63, 3.8) is 0 Å². The highest BCUT2D eigenvalue weighted by Gasteiger charge is 2.12. The van der Waals surface area contributed by atoms with Gasteiger partial charge in [-0.1, -0.05) is 22.0 Å². The van der Waals surface area contributed by atoms with Crippen LogP contribution in [0, 0.1) is 20.8 Å². The predicted molar refractivity (Wildman–Crippen MR) is 96.7 cm³/mol. The number of benzene rings is 2. The fourth-order valence-electron chi connectivity index (χ4n) is 2.61. The first-order chi connectivity index (χ1) is 10.9. The number of nitrogens with one attached hydrogen (secondary N) is 1. The van der Waals surface area contributed by atoms with Crippen LogP contribution < -0.4 is 5.32 Å². The van der Waals surface area contributed by atoms with E-state index in [-0.39, 0.29) is 12.5 Å². The summed E-state index contributed by atoms with van der Waals surface area (Å²) in [4.78, 5) is 16.9. The van der Waals surface area contributed by atoms with Crippen LogP contribution in [0.15, 0.2) is 40.9 Å². The van der Waals surface area contributed by atoms with Gasteiger partial charge in [0.1, 0.15) is 12.4 Å². The van der Waals surface area contributed by atoms with Crippen LogP contribution in [0.25, 0.3) is 11.0 Å². The second-order valence-corrected chi connectivity index (χ2v) is 6.64. The molecule has 0 unspecified atom stereocenters. The monoisotopic (exact) mass is 371 g/mol. The van der Waals surface area contributed by atoms with Crippen molar-refractivity contribution >= 4 is 38.6 Å². The number of amides is 1. The minimum Gasteiger partial charge on any atom is -0.324 e. The molecule has 2 aromatic carbocycles. The molecule has 0 fully saturated rings.